The third kappa shape index (κ3) is 15.9. The molecule has 12 heteroatoms. The Morgan fingerprint density at radius 3 is 1.38 bits per heavy atom. The second-order valence-corrected chi connectivity index (χ2v) is 11.0. The SMILES string of the molecule is O=C(O)CNCCCN(CCCCN(CCCNC(=O)OCc1ccccc1)C(=O)OCc1ccccc1)C(=O)OCc1ccccc1. The van der Waals surface area contributed by atoms with Crippen molar-refractivity contribution >= 4 is 24.2 Å². The van der Waals surface area contributed by atoms with Crippen LogP contribution in [0, 0.1) is 0 Å². The van der Waals surface area contributed by atoms with Crippen LogP contribution >= 0.6 is 0 Å². The lowest BCUT2D eigenvalue weighted by molar-refractivity contribution is -0.135. The van der Waals surface area contributed by atoms with Gasteiger partial charge in [-0.2, -0.15) is 0 Å². The Kier molecular flexibility index (Phi) is 17.5. The molecule has 3 amide bonds. The second-order valence-electron chi connectivity index (χ2n) is 11.0. The molecular formula is C36H46N4O8. The minimum atomic E-state index is -0.945. The van der Waals surface area contributed by atoms with Crippen molar-refractivity contribution in [1.29, 1.82) is 0 Å². The third-order valence-electron chi connectivity index (χ3n) is 7.18. The van der Waals surface area contributed by atoms with Gasteiger partial charge in [-0.05, 0) is 48.9 Å². The lowest BCUT2D eigenvalue weighted by Gasteiger charge is -2.24. The molecule has 0 spiro atoms. The molecule has 0 aromatic heterocycles. The molecule has 0 radical (unpaired) electrons. The maximum atomic E-state index is 13.1. The largest absolute Gasteiger partial charge is 0.480 e. The molecule has 0 unspecified atom stereocenters. The van der Waals surface area contributed by atoms with Crippen molar-refractivity contribution in [3.05, 3.63) is 108 Å². The van der Waals surface area contributed by atoms with Crippen LogP contribution in [0.5, 0.6) is 0 Å². The number of hydrogen-bond acceptors (Lipinski definition) is 8. The third-order valence-corrected chi connectivity index (χ3v) is 7.18. The lowest BCUT2D eigenvalue weighted by Crippen LogP contribution is -2.37. The number of ether oxygens (including phenoxy) is 3. The molecule has 0 aliphatic rings. The zero-order chi connectivity index (χ0) is 34.2. The first-order valence-corrected chi connectivity index (χ1v) is 16.2. The van der Waals surface area contributed by atoms with Gasteiger partial charge in [0, 0.05) is 32.7 Å². The number of carboxylic acid groups (broad SMARTS) is 1. The number of aliphatic carboxylic acids is 1. The van der Waals surface area contributed by atoms with Crippen LogP contribution in [0.1, 0.15) is 42.4 Å². The number of unbranched alkanes of at least 4 members (excludes halogenated alkanes) is 1. The Hall–Kier alpha value is -5.10. The highest BCUT2D eigenvalue weighted by atomic mass is 16.6. The number of amides is 3. The van der Waals surface area contributed by atoms with E-state index < -0.39 is 24.2 Å². The van der Waals surface area contributed by atoms with E-state index in [0.717, 1.165) is 16.7 Å². The van der Waals surface area contributed by atoms with E-state index in [4.69, 9.17) is 19.3 Å². The maximum Gasteiger partial charge on any atom is 0.410 e. The van der Waals surface area contributed by atoms with Crippen LogP contribution in [-0.2, 0) is 38.8 Å². The van der Waals surface area contributed by atoms with E-state index >= 15 is 0 Å². The number of nitrogens with zero attached hydrogens (tertiary/aromatic N) is 2. The van der Waals surface area contributed by atoms with Crippen molar-refractivity contribution in [2.24, 2.45) is 0 Å². The Morgan fingerprint density at radius 1 is 0.542 bits per heavy atom. The molecule has 0 atom stereocenters. The molecule has 12 nitrogen and oxygen atoms in total. The van der Waals surface area contributed by atoms with E-state index in [9.17, 15) is 19.2 Å². The van der Waals surface area contributed by atoms with Gasteiger partial charge in [0.05, 0.1) is 6.54 Å². The van der Waals surface area contributed by atoms with E-state index in [1.807, 2.05) is 91.0 Å². The summed E-state index contributed by atoms with van der Waals surface area (Å²) in [4.78, 5) is 52.2. The van der Waals surface area contributed by atoms with Gasteiger partial charge in [-0.25, -0.2) is 14.4 Å². The standard InChI is InChI=1S/C36H46N4O8/c41-33(42)26-37-20-12-24-39(35(44)47-28-31-16-6-2-7-17-31)22-10-11-23-40(36(45)48-29-32-18-8-3-9-19-32)25-13-21-38-34(43)46-27-30-14-4-1-5-15-30/h1-9,14-19,37H,10-13,20-29H2,(H,38,43)(H,41,42). The van der Waals surface area contributed by atoms with Crippen LogP contribution in [0.15, 0.2) is 91.0 Å². The summed E-state index contributed by atoms with van der Waals surface area (Å²) in [5, 5.41) is 14.4. The molecule has 3 aromatic rings. The average molecular weight is 663 g/mol. The number of carboxylic acids is 1. The fraction of sp³-hybridized carbons (Fsp3) is 0.389. The normalized spacial score (nSPS) is 10.5. The molecule has 0 saturated heterocycles. The molecule has 0 heterocycles. The Balaban J connectivity index is 1.48. The topological polar surface area (TPSA) is 147 Å². The first-order valence-electron chi connectivity index (χ1n) is 16.2. The Bertz CT molecular complexity index is 1360. The van der Waals surface area contributed by atoms with Crippen molar-refractivity contribution in [1.82, 2.24) is 20.4 Å². The minimum Gasteiger partial charge on any atom is -0.480 e. The number of nitrogens with one attached hydrogen (secondary N) is 2. The molecule has 258 valence electrons. The second kappa shape index (κ2) is 22.4. The highest BCUT2D eigenvalue weighted by Crippen LogP contribution is 2.09. The fourth-order valence-corrected chi connectivity index (χ4v) is 4.64. The number of rotatable bonds is 21. The molecule has 0 aliphatic carbocycles. The highest BCUT2D eigenvalue weighted by molar-refractivity contribution is 5.69. The molecule has 48 heavy (non-hydrogen) atoms. The predicted octanol–water partition coefficient (Wildman–Crippen LogP) is 5.43. The minimum absolute atomic E-state index is 0.136. The highest BCUT2D eigenvalue weighted by Gasteiger charge is 2.18. The zero-order valence-electron chi connectivity index (χ0n) is 27.3. The summed E-state index contributed by atoms with van der Waals surface area (Å²) in [6, 6.07) is 28.2. The van der Waals surface area contributed by atoms with Gasteiger partial charge in [-0.15, -0.1) is 0 Å². The van der Waals surface area contributed by atoms with Crippen LogP contribution in [-0.4, -0.2) is 85.0 Å². The summed E-state index contributed by atoms with van der Waals surface area (Å²) < 4.78 is 16.4. The van der Waals surface area contributed by atoms with Gasteiger partial charge in [-0.1, -0.05) is 91.0 Å². The quantitative estimate of drug-likeness (QED) is 0.100. The number of hydrogen-bond donors (Lipinski definition) is 3. The smallest absolute Gasteiger partial charge is 0.410 e. The molecule has 0 fully saturated rings. The summed E-state index contributed by atoms with van der Waals surface area (Å²) in [5.74, 6) is -0.945. The van der Waals surface area contributed by atoms with Crippen molar-refractivity contribution in [2.45, 2.75) is 45.5 Å². The van der Waals surface area contributed by atoms with Gasteiger partial charge >= 0.3 is 24.2 Å². The van der Waals surface area contributed by atoms with Crippen LogP contribution in [0.25, 0.3) is 0 Å². The van der Waals surface area contributed by atoms with Crippen LogP contribution < -0.4 is 10.6 Å². The number of benzene rings is 3. The Labute approximate surface area is 282 Å². The zero-order valence-corrected chi connectivity index (χ0v) is 27.3. The first-order chi connectivity index (χ1) is 23.4. The number of carbonyl (C=O) groups excluding carboxylic acids is 3. The summed E-state index contributed by atoms with van der Waals surface area (Å²) in [5.41, 5.74) is 2.63. The van der Waals surface area contributed by atoms with Crippen LogP contribution in [0.2, 0.25) is 0 Å². The summed E-state index contributed by atoms with van der Waals surface area (Å²) in [6.45, 7) is 2.56. The van der Waals surface area contributed by atoms with Gasteiger partial charge in [0.25, 0.3) is 0 Å². The van der Waals surface area contributed by atoms with E-state index in [2.05, 4.69) is 10.6 Å². The molecule has 3 N–H and O–H groups in total. The van der Waals surface area contributed by atoms with E-state index in [0.29, 0.717) is 65.0 Å². The van der Waals surface area contributed by atoms with Crippen LogP contribution in [0.4, 0.5) is 14.4 Å². The maximum absolute atomic E-state index is 13.1. The molecule has 0 aliphatic heterocycles. The molecule has 0 bridgehead atoms. The lowest BCUT2D eigenvalue weighted by atomic mass is 10.2. The number of carbonyl (C=O) groups is 4. The van der Waals surface area contributed by atoms with Crippen LogP contribution in [0.3, 0.4) is 0 Å². The summed E-state index contributed by atoms with van der Waals surface area (Å²) in [7, 11) is 0. The van der Waals surface area contributed by atoms with Gasteiger partial charge in [0.2, 0.25) is 0 Å². The van der Waals surface area contributed by atoms with Crippen molar-refractivity contribution in [3.8, 4) is 0 Å². The number of alkyl carbamates (subject to hydrolysis) is 1. The summed E-state index contributed by atoms with van der Waals surface area (Å²) >= 11 is 0. The summed E-state index contributed by atoms with van der Waals surface area (Å²) in [6.07, 6.45) is 0.765. The fourth-order valence-electron chi connectivity index (χ4n) is 4.64. The monoisotopic (exact) mass is 662 g/mol. The molecular weight excluding hydrogens is 616 g/mol. The van der Waals surface area contributed by atoms with E-state index in [-0.39, 0.29) is 26.4 Å². The van der Waals surface area contributed by atoms with Crippen molar-refractivity contribution < 1.29 is 38.5 Å². The predicted molar refractivity (Wildman–Crippen MR) is 180 cm³/mol. The van der Waals surface area contributed by atoms with Gasteiger partial charge in [0.1, 0.15) is 19.8 Å². The van der Waals surface area contributed by atoms with Gasteiger partial charge < -0.3 is 39.8 Å². The first kappa shape index (κ1) is 37.4. The average Bonchev–Trinajstić information content (AvgIpc) is 3.11. The van der Waals surface area contributed by atoms with Crippen molar-refractivity contribution in [3.63, 3.8) is 0 Å². The Morgan fingerprint density at radius 2 is 0.938 bits per heavy atom. The molecule has 0 saturated carbocycles. The van der Waals surface area contributed by atoms with E-state index in [1.54, 1.807) is 9.80 Å². The molecule has 3 aromatic carbocycles. The van der Waals surface area contributed by atoms with E-state index in [1.165, 1.54) is 0 Å². The molecule has 3 rings (SSSR count). The van der Waals surface area contributed by atoms with Gasteiger partial charge in [0.15, 0.2) is 0 Å². The van der Waals surface area contributed by atoms with Crippen molar-refractivity contribution in [2.75, 3.05) is 45.8 Å². The van der Waals surface area contributed by atoms with Gasteiger partial charge in [-0.3, -0.25) is 4.79 Å².